The SMILES string of the molecule is COC(=O)C(C)NC(=O)c1cc2ccccc2cc1O. The molecule has 2 aromatic rings. The van der Waals surface area contributed by atoms with Crippen LogP contribution < -0.4 is 5.32 Å². The van der Waals surface area contributed by atoms with Crippen LogP contribution in [-0.2, 0) is 9.53 Å². The summed E-state index contributed by atoms with van der Waals surface area (Å²) in [5.74, 6) is -1.19. The number of hydrogen-bond acceptors (Lipinski definition) is 4. The Balaban J connectivity index is 2.30. The van der Waals surface area contributed by atoms with E-state index >= 15 is 0 Å². The summed E-state index contributed by atoms with van der Waals surface area (Å²) < 4.78 is 4.53. The Morgan fingerprint density at radius 3 is 2.40 bits per heavy atom. The number of carbonyl (C=O) groups is 2. The van der Waals surface area contributed by atoms with E-state index in [9.17, 15) is 14.7 Å². The van der Waals surface area contributed by atoms with Gasteiger partial charge in [0.25, 0.3) is 5.91 Å². The third kappa shape index (κ3) is 2.71. The van der Waals surface area contributed by atoms with Gasteiger partial charge in [-0.1, -0.05) is 24.3 Å². The zero-order valence-electron chi connectivity index (χ0n) is 11.2. The van der Waals surface area contributed by atoms with Gasteiger partial charge in [0.2, 0.25) is 0 Å². The number of methoxy groups -OCH3 is 1. The van der Waals surface area contributed by atoms with Gasteiger partial charge in [-0.05, 0) is 29.8 Å². The third-order valence-electron chi connectivity index (χ3n) is 3.01. The Morgan fingerprint density at radius 2 is 1.80 bits per heavy atom. The molecule has 2 N–H and O–H groups in total. The van der Waals surface area contributed by atoms with Gasteiger partial charge < -0.3 is 15.2 Å². The molecular formula is C15H15NO4. The molecule has 5 heteroatoms. The van der Waals surface area contributed by atoms with Crippen molar-refractivity contribution in [3.8, 4) is 5.75 Å². The van der Waals surface area contributed by atoms with Crippen molar-refractivity contribution in [1.82, 2.24) is 5.32 Å². The molecule has 1 amide bonds. The van der Waals surface area contributed by atoms with Crippen LogP contribution in [0.5, 0.6) is 5.75 Å². The minimum Gasteiger partial charge on any atom is -0.507 e. The van der Waals surface area contributed by atoms with Gasteiger partial charge in [0.05, 0.1) is 12.7 Å². The average molecular weight is 273 g/mol. The number of esters is 1. The van der Waals surface area contributed by atoms with Crippen molar-refractivity contribution in [3.63, 3.8) is 0 Å². The average Bonchev–Trinajstić information content (AvgIpc) is 2.45. The molecule has 0 saturated carbocycles. The number of nitrogens with one attached hydrogen (secondary N) is 1. The summed E-state index contributed by atoms with van der Waals surface area (Å²) in [5.41, 5.74) is 0.124. The summed E-state index contributed by atoms with van der Waals surface area (Å²) in [7, 11) is 1.25. The van der Waals surface area contributed by atoms with Crippen molar-refractivity contribution in [3.05, 3.63) is 42.0 Å². The number of fused-ring (bicyclic) bond motifs is 1. The Bertz CT molecular complexity index is 666. The molecule has 1 atom stereocenters. The van der Waals surface area contributed by atoms with Gasteiger partial charge in [-0.2, -0.15) is 0 Å². The molecule has 20 heavy (non-hydrogen) atoms. The Kier molecular flexibility index (Phi) is 3.89. The largest absolute Gasteiger partial charge is 0.507 e. The van der Waals surface area contributed by atoms with E-state index < -0.39 is 17.9 Å². The van der Waals surface area contributed by atoms with E-state index in [-0.39, 0.29) is 11.3 Å². The fourth-order valence-electron chi connectivity index (χ4n) is 1.92. The number of aromatic hydroxyl groups is 1. The van der Waals surface area contributed by atoms with Crippen LogP contribution in [0.15, 0.2) is 36.4 Å². The van der Waals surface area contributed by atoms with E-state index in [1.807, 2.05) is 24.3 Å². The Hall–Kier alpha value is -2.56. The summed E-state index contributed by atoms with van der Waals surface area (Å²) in [6, 6.07) is 9.71. The molecule has 0 spiro atoms. The van der Waals surface area contributed by atoms with Crippen LogP contribution in [-0.4, -0.2) is 30.1 Å². The van der Waals surface area contributed by atoms with E-state index in [0.29, 0.717) is 0 Å². The minimum atomic E-state index is -0.779. The van der Waals surface area contributed by atoms with Crippen LogP contribution >= 0.6 is 0 Å². The topological polar surface area (TPSA) is 75.6 Å². The summed E-state index contributed by atoms with van der Waals surface area (Å²) in [6.45, 7) is 1.52. The molecule has 0 heterocycles. The second-order valence-electron chi connectivity index (χ2n) is 4.43. The summed E-state index contributed by atoms with van der Waals surface area (Å²) in [4.78, 5) is 23.3. The van der Waals surface area contributed by atoms with Crippen molar-refractivity contribution >= 4 is 22.6 Å². The van der Waals surface area contributed by atoms with E-state index in [0.717, 1.165) is 10.8 Å². The number of benzene rings is 2. The van der Waals surface area contributed by atoms with Crippen LogP contribution in [0.1, 0.15) is 17.3 Å². The number of phenolic OH excluding ortho intramolecular Hbond substituents is 1. The van der Waals surface area contributed by atoms with Crippen LogP contribution in [0.2, 0.25) is 0 Å². The predicted molar refractivity (Wildman–Crippen MR) is 74.6 cm³/mol. The van der Waals surface area contributed by atoms with Crippen LogP contribution in [0.25, 0.3) is 10.8 Å². The first-order chi connectivity index (χ1) is 9.52. The van der Waals surface area contributed by atoms with E-state index in [2.05, 4.69) is 10.1 Å². The summed E-state index contributed by atoms with van der Waals surface area (Å²) >= 11 is 0. The number of ether oxygens (including phenoxy) is 1. The molecule has 1 unspecified atom stereocenters. The molecule has 104 valence electrons. The highest BCUT2D eigenvalue weighted by atomic mass is 16.5. The maximum absolute atomic E-state index is 12.1. The molecule has 2 rings (SSSR count). The maximum Gasteiger partial charge on any atom is 0.328 e. The monoisotopic (exact) mass is 273 g/mol. The first-order valence-electron chi connectivity index (χ1n) is 6.13. The molecule has 0 aliphatic rings. The number of phenols is 1. The number of amides is 1. The number of hydrogen-bond donors (Lipinski definition) is 2. The Morgan fingerprint density at radius 1 is 1.20 bits per heavy atom. The molecule has 0 aliphatic carbocycles. The van der Waals surface area contributed by atoms with Crippen LogP contribution in [0.4, 0.5) is 0 Å². The van der Waals surface area contributed by atoms with Gasteiger partial charge in [-0.25, -0.2) is 4.79 Å². The van der Waals surface area contributed by atoms with E-state index in [1.165, 1.54) is 20.1 Å². The lowest BCUT2D eigenvalue weighted by Gasteiger charge is -2.12. The second-order valence-corrected chi connectivity index (χ2v) is 4.43. The first kappa shape index (κ1) is 13.9. The maximum atomic E-state index is 12.1. The second kappa shape index (κ2) is 5.61. The van der Waals surface area contributed by atoms with Crippen molar-refractivity contribution in [2.24, 2.45) is 0 Å². The van der Waals surface area contributed by atoms with Gasteiger partial charge in [-0.15, -0.1) is 0 Å². The van der Waals surface area contributed by atoms with Gasteiger partial charge in [0, 0.05) is 0 Å². The highest BCUT2D eigenvalue weighted by molar-refractivity contribution is 6.02. The number of rotatable bonds is 3. The lowest BCUT2D eigenvalue weighted by atomic mass is 10.1. The van der Waals surface area contributed by atoms with Crippen molar-refractivity contribution in [1.29, 1.82) is 0 Å². The van der Waals surface area contributed by atoms with E-state index in [4.69, 9.17) is 0 Å². The fourth-order valence-corrected chi connectivity index (χ4v) is 1.92. The van der Waals surface area contributed by atoms with Crippen LogP contribution in [0.3, 0.4) is 0 Å². The third-order valence-corrected chi connectivity index (χ3v) is 3.01. The van der Waals surface area contributed by atoms with Crippen molar-refractivity contribution in [2.75, 3.05) is 7.11 Å². The smallest absolute Gasteiger partial charge is 0.328 e. The minimum absolute atomic E-state index is 0.124. The lowest BCUT2D eigenvalue weighted by Crippen LogP contribution is -2.39. The number of carbonyl (C=O) groups excluding carboxylic acids is 2. The normalized spacial score (nSPS) is 11.9. The molecule has 0 bridgehead atoms. The molecule has 0 saturated heterocycles. The highest BCUT2D eigenvalue weighted by Gasteiger charge is 2.19. The van der Waals surface area contributed by atoms with Gasteiger partial charge in [0.1, 0.15) is 11.8 Å². The fraction of sp³-hybridized carbons (Fsp3) is 0.200. The molecule has 5 nitrogen and oxygen atoms in total. The molecular weight excluding hydrogens is 258 g/mol. The van der Waals surface area contributed by atoms with E-state index in [1.54, 1.807) is 6.07 Å². The zero-order valence-corrected chi connectivity index (χ0v) is 11.2. The molecule has 0 aliphatic heterocycles. The van der Waals surface area contributed by atoms with Gasteiger partial charge >= 0.3 is 5.97 Å². The quantitative estimate of drug-likeness (QED) is 0.837. The first-order valence-corrected chi connectivity index (χ1v) is 6.13. The van der Waals surface area contributed by atoms with Crippen molar-refractivity contribution in [2.45, 2.75) is 13.0 Å². The van der Waals surface area contributed by atoms with Gasteiger partial charge in [0.15, 0.2) is 0 Å². The lowest BCUT2D eigenvalue weighted by molar-refractivity contribution is -0.142. The molecule has 2 aromatic carbocycles. The molecule has 0 fully saturated rings. The predicted octanol–water partition coefficient (Wildman–Crippen LogP) is 1.84. The summed E-state index contributed by atoms with van der Waals surface area (Å²) in [6.07, 6.45) is 0. The highest BCUT2D eigenvalue weighted by Crippen LogP contribution is 2.24. The Labute approximate surface area is 116 Å². The van der Waals surface area contributed by atoms with Crippen molar-refractivity contribution < 1.29 is 19.4 Å². The van der Waals surface area contributed by atoms with Crippen LogP contribution in [0, 0.1) is 0 Å². The summed E-state index contributed by atoms with van der Waals surface area (Å²) in [5, 5.41) is 14.1. The molecule has 0 aromatic heterocycles. The molecule has 0 radical (unpaired) electrons. The standard InChI is InChI=1S/C15H15NO4/c1-9(15(19)20-2)16-14(18)12-7-10-5-3-4-6-11(10)8-13(12)17/h3-9,17H,1-2H3,(H,16,18). The van der Waals surface area contributed by atoms with Gasteiger partial charge in [-0.3, -0.25) is 4.79 Å². The zero-order chi connectivity index (χ0) is 14.7.